The van der Waals surface area contributed by atoms with Gasteiger partial charge in [0.1, 0.15) is 0 Å². The van der Waals surface area contributed by atoms with Gasteiger partial charge in [0, 0.05) is 0 Å². The van der Waals surface area contributed by atoms with Crippen LogP contribution in [0.1, 0.15) is 13.8 Å². The summed E-state index contributed by atoms with van der Waals surface area (Å²) in [5, 5.41) is 0. The molecule has 0 heterocycles. The molecule has 36 valence electrons. The van der Waals surface area contributed by atoms with E-state index in [9.17, 15) is 4.11 Å². The minimum absolute atomic E-state index is 1.10. The van der Waals surface area contributed by atoms with Crippen molar-refractivity contribution in [1.29, 1.82) is 0 Å². The molecule has 0 saturated heterocycles. The molecule has 0 nitrogen and oxygen atoms in total. The lowest BCUT2D eigenvalue weighted by molar-refractivity contribution is 0.883. The van der Waals surface area contributed by atoms with Gasteiger partial charge in [0.2, 0.25) is 9.85 Å². The fourth-order valence-corrected chi connectivity index (χ4v) is 0.463. The maximum absolute atomic E-state index is 11.3. The van der Waals surface area contributed by atoms with Gasteiger partial charge in [-0.05, 0) is 13.8 Å². The summed E-state index contributed by atoms with van der Waals surface area (Å²) in [5.74, 6) is 0. The molecule has 0 aromatic carbocycles. The molecular weight excluding hydrogens is 95.1 g/mol. The first kappa shape index (κ1) is 5.89. The van der Waals surface area contributed by atoms with Crippen molar-refractivity contribution in [3.8, 4) is 0 Å². The smallest absolute Gasteiger partial charge is 0.240 e. The average Bonchev–Trinajstić information content (AvgIpc) is 1.35. The van der Waals surface area contributed by atoms with Crippen LogP contribution in [-0.2, 0) is 0 Å². The van der Waals surface area contributed by atoms with E-state index in [0.29, 0.717) is 0 Å². The number of allylic oxidation sites excluding steroid dienone is 1. The quantitative estimate of drug-likeness (QED) is 0.343. The van der Waals surface area contributed by atoms with Gasteiger partial charge in [0.05, 0.1) is 0 Å². The Hall–Kier alpha value is -0.113. The van der Waals surface area contributed by atoms with Crippen LogP contribution in [0.3, 0.4) is 0 Å². The summed E-state index contributed by atoms with van der Waals surface area (Å²) in [6.45, 7) is 3.82. The van der Waals surface area contributed by atoms with Gasteiger partial charge >= 0.3 is 0 Å². The summed E-state index contributed by atoms with van der Waals surface area (Å²) in [6.07, 6.45) is 0. The summed E-state index contributed by atoms with van der Waals surface area (Å²) >= 11 is 0. The van der Waals surface area contributed by atoms with Gasteiger partial charge in [-0.2, -0.15) is 0 Å². The molecule has 0 aliphatic carbocycles. The van der Waals surface area contributed by atoms with E-state index in [1.54, 1.807) is 5.70 Å². The molecule has 0 N–H and O–H groups in total. The lowest BCUT2D eigenvalue weighted by Gasteiger charge is -1.77. The van der Waals surface area contributed by atoms with Crippen LogP contribution in [0.15, 0.2) is 11.3 Å². The van der Waals surface area contributed by atoms with Gasteiger partial charge in [-0.3, -0.25) is 0 Å². The van der Waals surface area contributed by atoms with E-state index in [-0.39, 0.29) is 0 Å². The SMILES string of the molecule is CC(C)=C[SiH2]F. The highest BCUT2D eigenvalue weighted by atomic mass is 28.3. The average molecular weight is 104 g/mol. The predicted molar refractivity (Wildman–Crippen MR) is 29.1 cm³/mol. The fourth-order valence-electron chi connectivity index (χ4n) is 0.154. The third kappa shape index (κ3) is 3.89. The predicted octanol–water partition coefficient (Wildman–Crippen LogP) is 0.963. The van der Waals surface area contributed by atoms with Crippen molar-refractivity contribution in [3.63, 3.8) is 0 Å². The number of rotatable bonds is 1. The molecule has 0 aromatic heterocycles. The number of hydrogen-bond acceptors (Lipinski definition) is 0. The zero-order valence-corrected chi connectivity index (χ0v) is 5.58. The Bertz CT molecular complexity index is 54.6. The van der Waals surface area contributed by atoms with E-state index in [4.69, 9.17) is 0 Å². The molecule has 2 heteroatoms. The Morgan fingerprint density at radius 3 is 2.17 bits per heavy atom. The van der Waals surface area contributed by atoms with Gasteiger partial charge in [-0.1, -0.05) is 11.3 Å². The Labute approximate surface area is 40.1 Å². The Balaban J connectivity index is 3.14. The monoisotopic (exact) mass is 104 g/mol. The number of hydrogen-bond donors (Lipinski definition) is 0. The summed E-state index contributed by atoms with van der Waals surface area (Å²) in [6, 6.07) is 0. The summed E-state index contributed by atoms with van der Waals surface area (Å²) in [4.78, 5) is 0. The highest BCUT2D eigenvalue weighted by Gasteiger charge is 1.71. The normalized spacial score (nSPS) is 9.83. The van der Waals surface area contributed by atoms with Crippen molar-refractivity contribution in [1.82, 2.24) is 0 Å². The minimum atomic E-state index is -1.30. The molecule has 0 fully saturated rings. The van der Waals surface area contributed by atoms with Crippen molar-refractivity contribution >= 4 is 9.85 Å². The zero-order chi connectivity index (χ0) is 4.99. The van der Waals surface area contributed by atoms with Crippen molar-refractivity contribution in [3.05, 3.63) is 11.3 Å². The minimum Gasteiger partial charge on any atom is -0.317 e. The first-order valence-electron chi connectivity index (χ1n) is 1.96. The van der Waals surface area contributed by atoms with E-state index in [2.05, 4.69) is 0 Å². The van der Waals surface area contributed by atoms with Crippen LogP contribution in [0.25, 0.3) is 0 Å². The molecule has 0 aromatic rings. The molecular formula is C4H9FSi. The Morgan fingerprint density at radius 2 is 2.17 bits per heavy atom. The summed E-state index contributed by atoms with van der Waals surface area (Å²) in [7, 11) is -1.30. The zero-order valence-electron chi connectivity index (χ0n) is 4.16. The van der Waals surface area contributed by atoms with Crippen molar-refractivity contribution in [2.24, 2.45) is 0 Å². The van der Waals surface area contributed by atoms with Crippen molar-refractivity contribution < 1.29 is 4.11 Å². The first-order valence-corrected chi connectivity index (χ1v) is 3.32. The van der Waals surface area contributed by atoms with Crippen LogP contribution < -0.4 is 0 Å². The van der Waals surface area contributed by atoms with Crippen LogP contribution in [0, 0.1) is 0 Å². The third-order valence-corrected chi connectivity index (χ3v) is 1.46. The van der Waals surface area contributed by atoms with Gasteiger partial charge < -0.3 is 4.11 Å². The fraction of sp³-hybridized carbons (Fsp3) is 0.500. The molecule has 0 atom stereocenters. The van der Waals surface area contributed by atoms with Crippen LogP contribution in [-0.4, -0.2) is 9.85 Å². The molecule has 0 aliphatic heterocycles. The highest BCUT2D eigenvalue weighted by Crippen LogP contribution is 1.84. The molecule has 0 saturated carbocycles. The standard InChI is InChI=1S/C4H9FSi/c1-4(2)3-6-5/h3H,6H2,1-2H3. The van der Waals surface area contributed by atoms with E-state index in [1.807, 2.05) is 13.8 Å². The van der Waals surface area contributed by atoms with Gasteiger partial charge in [-0.25, -0.2) is 0 Å². The maximum Gasteiger partial charge on any atom is 0.240 e. The molecule has 0 radical (unpaired) electrons. The van der Waals surface area contributed by atoms with Crippen molar-refractivity contribution in [2.45, 2.75) is 13.8 Å². The van der Waals surface area contributed by atoms with E-state index >= 15 is 0 Å². The van der Waals surface area contributed by atoms with Crippen LogP contribution >= 0.6 is 0 Å². The van der Waals surface area contributed by atoms with Gasteiger partial charge in [0.15, 0.2) is 0 Å². The van der Waals surface area contributed by atoms with Gasteiger partial charge in [-0.15, -0.1) is 0 Å². The molecule has 0 aliphatic rings. The molecule has 0 unspecified atom stereocenters. The Kier molecular flexibility index (Phi) is 3.03. The maximum atomic E-state index is 11.3. The largest absolute Gasteiger partial charge is 0.317 e. The summed E-state index contributed by atoms with van der Waals surface area (Å²) < 4.78 is 11.3. The van der Waals surface area contributed by atoms with Gasteiger partial charge in [0.25, 0.3) is 0 Å². The highest BCUT2D eigenvalue weighted by molar-refractivity contribution is 6.33. The molecule has 0 spiro atoms. The van der Waals surface area contributed by atoms with Crippen molar-refractivity contribution in [2.75, 3.05) is 0 Å². The van der Waals surface area contributed by atoms with Crippen LogP contribution in [0.5, 0.6) is 0 Å². The van der Waals surface area contributed by atoms with Crippen LogP contribution in [0.4, 0.5) is 4.11 Å². The van der Waals surface area contributed by atoms with Crippen LogP contribution in [0.2, 0.25) is 0 Å². The Morgan fingerprint density at radius 1 is 1.67 bits per heavy atom. The van der Waals surface area contributed by atoms with E-state index in [0.717, 1.165) is 5.57 Å². The lowest BCUT2D eigenvalue weighted by Crippen LogP contribution is -1.69. The second-order valence-electron chi connectivity index (χ2n) is 1.44. The lowest BCUT2D eigenvalue weighted by atomic mass is 10.4. The second kappa shape index (κ2) is 3.09. The molecule has 0 bridgehead atoms. The first-order chi connectivity index (χ1) is 2.77. The third-order valence-electron chi connectivity index (χ3n) is 0.485. The summed E-state index contributed by atoms with van der Waals surface area (Å²) in [5.41, 5.74) is 2.78. The molecule has 0 rings (SSSR count). The molecule has 6 heavy (non-hydrogen) atoms. The topological polar surface area (TPSA) is 0 Å². The number of halogens is 1. The van der Waals surface area contributed by atoms with E-state index in [1.165, 1.54) is 0 Å². The van der Waals surface area contributed by atoms with E-state index < -0.39 is 9.85 Å². The molecule has 0 amide bonds. The second-order valence-corrected chi connectivity index (χ2v) is 2.15.